The maximum absolute atomic E-state index is 12.1. The van der Waals surface area contributed by atoms with Crippen molar-refractivity contribution in [2.45, 2.75) is 13.0 Å². The molecule has 1 aliphatic rings. The van der Waals surface area contributed by atoms with Crippen molar-refractivity contribution in [3.05, 3.63) is 11.9 Å². The van der Waals surface area contributed by atoms with E-state index in [9.17, 15) is 9.59 Å². The van der Waals surface area contributed by atoms with Gasteiger partial charge in [0.05, 0.1) is 18.8 Å². The van der Waals surface area contributed by atoms with Crippen molar-refractivity contribution in [2.24, 2.45) is 0 Å². The van der Waals surface area contributed by atoms with E-state index >= 15 is 0 Å². The molecular formula is C12H19N5O4. The number of carbonyl (C=O) groups is 2. The van der Waals surface area contributed by atoms with Crippen LogP contribution in [0.2, 0.25) is 0 Å². The van der Waals surface area contributed by atoms with Gasteiger partial charge < -0.3 is 19.6 Å². The highest BCUT2D eigenvalue weighted by molar-refractivity contribution is 5.84. The van der Waals surface area contributed by atoms with E-state index < -0.39 is 5.97 Å². The summed E-state index contributed by atoms with van der Waals surface area (Å²) in [5, 5.41) is 16.1. The van der Waals surface area contributed by atoms with Gasteiger partial charge in [-0.1, -0.05) is 5.21 Å². The Labute approximate surface area is 122 Å². The van der Waals surface area contributed by atoms with Crippen LogP contribution >= 0.6 is 0 Å². The van der Waals surface area contributed by atoms with Crippen LogP contribution < -0.4 is 0 Å². The van der Waals surface area contributed by atoms with Gasteiger partial charge >= 0.3 is 12.0 Å². The van der Waals surface area contributed by atoms with Crippen molar-refractivity contribution in [2.75, 3.05) is 39.9 Å². The molecule has 2 heterocycles. The second-order valence-corrected chi connectivity index (χ2v) is 4.85. The zero-order valence-electron chi connectivity index (χ0n) is 12.1. The second-order valence-electron chi connectivity index (χ2n) is 4.85. The molecular weight excluding hydrogens is 278 g/mol. The third kappa shape index (κ3) is 3.48. The zero-order chi connectivity index (χ0) is 15.4. The van der Waals surface area contributed by atoms with E-state index in [-0.39, 0.29) is 17.8 Å². The van der Waals surface area contributed by atoms with Gasteiger partial charge in [0.15, 0.2) is 5.69 Å². The minimum atomic E-state index is -1.11. The van der Waals surface area contributed by atoms with Gasteiger partial charge in [-0.25, -0.2) is 14.3 Å². The number of carboxylic acids is 1. The molecule has 0 aromatic carbocycles. The van der Waals surface area contributed by atoms with Crippen LogP contribution in [-0.4, -0.2) is 81.8 Å². The lowest BCUT2D eigenvalue weighted by Crippen LogP contribution is -2.55. The molecule has 21 heavy (non-hydrogen) atoms. The fourth-order valence-electron chi connectivity index (χ4n) is 2.01. The molecule has 9 heteroatoms. The molecule has 0 unspecified atom stereocenters. The minimum absolute atomic E-state index is 0.0187. The third-order valence-corrected chi connectivity index (χ3v) is 3.34. The number of carboxylic acid groups (broad SMARTS) is 1. The van der Waals surface area contributed by atoms with Crippen molar-refractivity contribution in [3.8, 4) is 0 Å². The van der Waals surface area contributed by atoms with Crippen LogP contribution in [0.4, 0.5) is 4.79 Å². The largest absolute Gasteiger partial charge is 0.476 e. The minimum Gasteiger partial charge on any atom is -0.476 e. The molecule has 2 amide bonds. The third-order valence-electron chi connectivity index (χ3n) is 3.34. The predicted molar refractivity (Wildman–Crippen MR) is 72.1 cm³/mol. The van der Waals surface area contributed by atoms with Gasteiger partial charge in [-0.2, -0.15) is 0 Å². The number of nitrogens with zero attached hydrogens (tertiary/aromatic N) is 5. The highest BCUT2D eigenvalue weighted by Crippen LogP contribution is 2.21. The number of amides is 2. The normalized spacial score (nSPS) is 14.9. The number of hydrogen-bond donors (Lipinski definition) is 1. The van der Waals surface area contributed by atoms with E-state index in [1.165, 1.54) is 10.9 Å². The lowest BCUT2D eigenvalue weighted by molar-refractivity contribution is 0.0689. The summed E-state index contributed by atoms with van der Waals surface area (Å²) in [6, 6.07) is -0.0839. The van der Waals surface area contributed by atoms with Crippen LogP contribution in [0, 0.1) is 0 Å². The number of likely N-dealkylation sites (tertiary alicyclic amines) is 1. The molecule has 2 rings (SSSR count). The first kappa shape index (κ1) is 15.2. The number of aromatic nitrogens is 3. The smallest absolute Gasteiger partial charge is 0.358 e. The van der Waals surface area contributed by atoms with E-state index in [1.54, 1.807) is 16.8 Å². The monoisotopic (exact) mass is 297 g/mol. The van der Waals surface area contributed by atoms with Crippen LogP contribution in [-0.2, 0) is 4.74 Å². The topological polar surface area (TPSA) is 101 Å². The van der Waals surface area contributed by atoms with Gasteiger partial charge in [-0.05, 0) is 6.92 Å². The van der Waals surface area contributed by atoms with E-state index in [0.717, 1.165) is 0 Å². The first-order valence-corrected chi connectivity index (χ1v) is 6.75. The molecule has 0 saturated carbocycles. The summed E-state index contributed by atoms with van der Waals surface area (Å²) in [4.78, 5) is 26.1. The molecule has 116 valence electrons. The average Bonchev–Trinajstić information content (AvgIpc) is 2.86. The first-order valence-electron chi connectivity index (χ1n) is 6.75. The maximum atomic E-state index is 12.1. The summed E-state index contributed by atoms with van der Waals surface area (Å²) < 4.78 is 6.70. The highest BCUT2D eigenvalue weighted by Gasteiger charge is 2.34. The number of ether oxygens (including phenoxy) is 1. The fourth-order valence-corrected chi connectivity index (χ4v) is 2.01. The van der Waals surface area contributed by atoms with Gasteiger partial charge in [-0.15, -0.1) is 5.10 Å². The SMILES string of the molecule is CCOCCN(C)C(=O)N1CC(n2cc(C(=O)O)nn2)C1. The molecule has 1 N–H and O–H groups in total. The van der Waals surface area contributed by atoms with Crippen molar-refractivity contribution in [1.82, 2.24) is 24.8 Å². The van der Waals surface area contributed by atoms with Crippen LogP contribution in [0.15, 0.2) is 6.20 Å². The van der Waals surface area contributed by atoms with E-state index in [0.29, 0.717) is 32.8 Å². The lowest BCUT2D eigenvalue weighted by atomic mass is 10.1. The molecule has 0 radical (unpaired) electrons. The summed E-state index contributed by atoms with van der Waals surface area (Å²) in [6.45, 7) is 4.60. The van der Waals surface area contributed by atoms with Gasteiger partial charge in [0, 0.05) is 33.3 Å². The summed E-state index contributed by atoms with van der Waals surface area (Å²) in [6.07, 6.45) is 1.38. The van der Waals surface area contributed by atoms with Gasteiger partial charge in [0.25, 0.3) is 0 Å². The molecule has 0 bridgehead atoms. The number of urea groups is 1. The molecule has 0 spiro atoms. The lowest BCUT2D eigenvalue weighted by Gasteiger charge is -2.40. The van der Waals surface area contributed by atoms with Crippen LogP contribution in [0.3, 0.4) is 0 Å². The molecule has 0 aliphatic carbocycles. The van der Waals surface area contributed by atoms with Gasteiger partial charge in [0.2, 0.25) is 0 Å². The van der Waals surface area contributed by atoms with Gasteiger partial charge in [-0.3, -0.25) is 0 Å². The average molecular weight is 297 g/mol. The van der Waals surface area contributed by atoms with Crippen LogP contribution in [0.5, 0.6) is 0 Å². The maximum Gasteiger partial charge on any atom is 0.358 e. The molecule has 0 atom stereocenters. The molecule has 1 aromatic heterocycles. The Balaban J connectivity index is 1.79. The zero-order valence-corrected chi connectivity index (χ0v) is 12.1. The molecule has 9 nitrogen and oxygen atoms in total. The van der Waals surface area contributed by atoms with Crippen molar-refractivity contribution >= 4 is 12.0 Å². The summed E-state index contributed by atoms with van der Waals surface area (Å²) in [5.41, 5.74) is -0.0893. The second kappa shape index (κ2) is 6.53. The fraction of sp³-hybridized carbons (Fsp3) is 0.667. The number of carbonyl (C=O) groups excluding carboxylic acids is 1. The van der Waals surface area contributed by atoms with Crippen molar-refractivity contribution in [3.63, 3.8) is 0 Å². The highest BCUT2D eigenvalue weighted by atomic mass is 16.5. The summed E-state index contributed by atoms with van der Waals surface area (Å²) in [5.74, 6) is -1.11. The van der Waals surface area contributed by atoms with E-state index in [1.807, 2.05) is 6.92 Å². The Morgan fingerprint density at radius 2 is 2.24 bits per heavy atom. The predicted octanol–water partition coefficient (Wildman–Crippen LogP) is -0.0787. The van der Waals surface area contributed by atoms with E-state index in [4.69, 9.17) is 9.84 Å². The van der Waals surface area contributed by atoms with Crippen molar-refractivity contribution in [1.29, 1.82) is 0 Å². The molecule has 1 aromatic rings. The standard InChI is InChI=1S/C12H19N5O4/c1-3-21-5-4-15(2)12(20)16-6-9(7-16)17-8-10(11(18)19)13-14-17/h8-9H,3-7H2,1-2H3,(H,18,19). The Hall–Kier alpha value is -2.16. The molecule has 1 saturated heterocycles. The Bertz CT molecular complexity index is 512. The number of rotatable bonds is 6. The van der Waals surface area contributed by atoms with E-state index in [2.05, 4.69) is 10.3 Å². The Kier molecular flexibility index (Phi) is 4.73. The number of aromatic carboxylic acids is 1. The quantitative estimate of drug-likeness (QED) is 0.737. The summed E-state index contributed by atoms with van der Waals surface area (Å²) >= 11 is 0. The number of likely N-dealkylation sites (N-methyl/N-ethyl adjacent to an activating group) is 1. The summed E-state index contributed by atoms with van der Waals surface area (Å²) in [7, 11) is 1.73. The van der Waals surface area contributed by atoms with Crippen LogP contribution in [0.1, 0.15) is 23.5 Å². The molecule has 1 aliphatic heterocycles. The molecule has 1 fully saturated rings. The Morgan fingerprint density at radius 1 is 1.52 bits per heavy atom. The number of hydrogen-bond acceptors (Lipinski definition) is 5. The van der Waals surface area contributed by atoms with Gasteiger partial charge in [0.1, 0.15) is 0 Å². The van der Waals surface area contributed by atoms with Crippen LogP contribution in [0.25, 0.3) is 0 Å². The van der Waals surface area contributed by atoms with Crippen molar-refractivity contribution < 1.29 is 19.4 Å². The first-order chi connectivity index (χ1) is 10.0. The Morgan fingerprint density at radius 3 is 2.81 bits per heavy atom.